The number of aromatic nitrogens is 2. The lowest BCUT2D eigenvalue weighted by molar-refractivity contribution is 0.0673. The van der Waals surface area contributed by atoms with E-state index in [1.807, 2.05) is 29.2 Å². The van der Waals surface area contributed by atoms with Gasteiger partial charge in [-0.15, -0.1) is 0 Å². The number of H-pyrrole nitrogens is 1. The Morgan fingerprint density at radius 3 is 2.67 bits per heavy atom. The molecule has 1 aliphatic carbocycles. The summed E-state index contributed by atoms with van der Waals surface area (Å²) in [4.78, 5) is 14.9. The number of hydrogen-bond donors (Lipinski definition) is 1. The van der Waals surface area contributed by atoms with Crippen LogP contribution in [0.5, 0.6) is 0 Å². The van der Waals surface area contributed by atoms with Crippen molar-refractivity contribution < 1.29 is 4.79 Å². The summed E-state index contributed by atoms with van der Waals surface area (Å²) in [6, 6.07) is 12.1. The van der Waals surface area contributed by atoms with Gasteiger partial charge in [-0.3, -0.25) is 9.89 Å². The van der Waals surface area contributed by atoms with E-state index < -0.39 is 0 Å². The van der Waals surface area contributed by atoms with Crippen molar-refractivity contribution in [2.45, 2.75) is 46.1 Å². The van der Waals surface area contributed by atoms with E-state index in [9.17, 15) is 4.79 Å². The molecule has 4 nitrogen and oxygen atoms in total. The lowest BCUT2D eigenvalue weighted by Crippen LogP contribution is -2.37. The van der Waals surface area contributed by atoms with E-state index in [2.05, 4.69) is 36.2 Å². The Bertz CT molecular complexity index is 659. The highest BCUT2D eigenvalue weighted by molar-refractivity contribution is 5.92. The third kappa shape index (κ3) is 4.25. The minimum absolute atomic E-state index is 0.0389. The maximum absolute atomic E-state index is 13.0. The summed E-state index contributed by atoms with van der Waals surface area (Å²) in [5, 5.41) is 7.29. The van der Waals surface area contributed by atoms with Gasteiger partial charge in [-0.2, -0.15) is 5.10 Å². The van der Waals surface area contributed by atoms with Crippen molar-refractivity contribution in [3.63, 3.8) is 0 Å². The van der Waals surface area contributed by atoms with Gasteiger partial charge >= 0.3 is 0 Å². The van der Waals surface area contributed by atoms with Crippen molar-refractivity contribution in [2.75, 3.05) is 6.54 Å². The fourth-order valence-corrected chi connectivity index (χ4v) is 3.19. The summed E-state index contributed by atoms with van der Waals surface area (Å²) in [6.07, 6.45) is 4.68. The second kappa shape index (κ2) is 7.65. The number of rotatable bonds is 7. The molecule has 0 unspecified atom stereocenters. The minimum Gasteiger partial charge on any atom is -0.333 e. The fourth-order valence-electron chi connectivity index (χ4n) is 3.19. The van der Waals surface area contributed by atoms with Crippen LogP contribution in [0.3, 0.4) is 0 Å². The molecule has 1 amide bonds. The highest BCUT2D eigenvalue weighted by Gasteiger charge is 2.25. The molecule has 0 radical (unpaired) electrons. The molecule has 1 fully saturated rings. The molecule has 1 aromatic heterocycles. The molecule has 1 N–H and O–H groups in total. The highest BCUT2D eigenvalue weighted by Crippen LogP contribution is 2.28. The molecular formula is C20H27N3O. The van der Waals surface area contributed by atoms with Gasteiger partial charge in [-0.1, -0.05) is 50.6 Å². The number of carbonyl (C=O) groups is 1. The molecule has 0 spiro atoms. The fraction of sp³-hybridized carbons (Fsp3) is 0.500. The molecule has 1 heterocycles. The van der Waals surface area contributed by atoms with Gasteiger partial charge in [0.2, 0.25) is 0 Å². The molecular weight excluding hydrogens is 298 g/mol. The standard InChI is InChI=1S/C20H27N3O/c1-15(2)11-18-12-19(22-21-18)20(24)23(14-17-9-6-10-17)13-16-7-4-3-5-8-16/h3-5,7-8,12,15,17H,6,9-11,13-14H2,1-2H3,(H,21,22). The van der Waals surface area contributed by atoms with Gasteiger partial charge in [0, 0.05) is 18.8 Å². The smallest absolute Gasteiger partial charge is 0.274 e. The van der Waals surface area contributed by atoms with E-state index in [4.69, 9.17) is 0 Å². The summed E-state index contributed by atoms with van der Waals surface area (Å²) in [5.41, 5.74) is 2.75. The summed E-state index contributed by atoms with van der Waals surface area (Å²) in [6.45, 7) is 5.82. The van der Waals surface area contributed by atoms with E-state index in [0.717, 1.165) is 18.7 Å². The largest absolute Gasteiger partial charge is 0.333 e. The summed E-state index contributed by atoms with van der Waals surface area (Å²) in [5.74, 6) is 1.23. The molecule has 24 heavy (non-hydrogen) atoms. The Balaban J connectivity index is 1.73. The molecule has 3 rings (SSSR count). The molecule has 0 saturated heterocycles. The van der Waals surface area contributed by atoms with Gasteiger partial charge in [-0.05, 0) is 42.7 Å². The van der Waals surface area contributed by atoms with Gasteiger partial charge in [0.15, 0.2) is 0 Å². The maximum atomic E-state index is 13.0. The Morgan fingerprint density at radius 1 is 1.29 bits per heavy atom. The number of nitrogens with zero attached hydrogens (tertiary/aromatic N) is 2. The maximum Gasteiger partial charge on any atom is 0.274 e. The monoisotopic (exact) mass is 325 g/mol. The van der Waals surface area contributed by atoms with Crippen molar-refractivity contribution in [2.24, 2.45) is 11.8 Å². The predicted octanol–water partition coefficient (Wildman–Crippen LogP) is 4.05. The van der Waals surface area contributed by atoms with Gasteiger partial charge in [0.05, 0.1) is 0 Å². The first-order valence-corrected chi connectivity index (χ1v) is 8.99. The quantitative estimate of drug-likeness (QED) is 0.835. The van der Waals surface area contributed by atoms with Crippen molar-refractivity contribution in [1.29, 1.82) is 0 Å². The highest BCUT2D eigenvalue weighted by atomic mass is 16.2. The Hall–Kier alpha value is -2.10. The first-order chi connectivity index (χ1) is 11.6. The van der Waals surface area contributed by atoms with Crippen LogP contribution >= 0.6 is 0 Å². The average Bonchev–Trinajstić information content (AvgIpc) is 2.97. The molecule has 1 saturated carbocycles. The second-order valence-corrected chi connectivity index (χ2v) is 7.34. The lowest BCUT2D eigenvalue weighted by Gasteiger charge is -2.32. The van der Waals surface area contributed by atoms with Gasteiger partial charge in [0.1, 0.15) is 5.69 Å². The van der Waals surface area contributed by atoms with Crippen LogP contribution < -0.4 is 0 Å². The number of benzene rings is 1. The number of nitrogens with one attached hydrogen (secondary N) is 1. The van der Waals surface area contributed by atoms with E-state index in [0.29, 0.717) is 24.1 Å². The van der Waals surface area contributed by atoms with E-state index in [1.165, 1.54) is 24.8 Å². The van der Waals surface area contributed by atoms with Crippen molar-refractivity contribution >= 4 is 5.91 Å². The molecule has 2 aromatic rings. The number of amides is 1. The summed E-state index contributed by atoms with van der Waals surface area (Å²) in [7, 11) is 0. The first kappa shape index (κ1) is 16.7. The van der Waals surface area contributed by atoms with Crippen LogP contribution in [0, 0.1) is 11.8 Å². The Kier molecular flexibility index (Phi) is 5.34. The van der Waals surface area contributed by atoms with Crippen LogP contribution in [0.1, 0.15) is 54.9 Å². The Labute approximate surface area is 144 Å². The third-order valence-electron chi connectivity index (χ3n) is 4.68. The number of hydrogen-bond acceptors (Lipinski definition) is 2. The lowest BCUT2D eigenvalue weighted by atomic mass is 9.85. The van der Waals surface area contributed by atoms with Crippen molar-refractivity contribution in [3.8, 4) is 0 Å². The molecule has 1 aliphatic rings. The van der Waals surface area contributed by atoms with Gasteiger partial charge in [0.25, 0.3) is 5.91 Å². The molecule has 1 aromatic carbocycles. The number of aromatic amines is 1. The van der Waals surface area contributed by atoms with Crippen LogP contribution in [0.15, 0.2) is 36.4 Å². The molecule has 0 aliphatic heterocycles. The zero-order valence-electron chi connectivity index (χ0n) is 14.7. The van der Waals surface area contributed by atoms with Crippen molar-refractivity contribution in [3.05, 3.63) is 53.3 Å². The molecule has 0 bridgehead atoms. The van der Waals surface area contributed by atoms with E-state index in [1.54, 1.807) is 0 Å². The summed E-state index contributed by atoms with van der Waals surface area (Å²) >= 11 is 0. The Morgan fingerprint density at radius 2 is 2.04 bits per heavy atom. The zero-order chi connectivity index (χ0) is 16.9. The van der Waals surface area contributed by atoms with Gasteiger partial charge < -0.3 is 4.90 Å². The summed E-state index contributed by atoms with van der Waals surface area (Å²) < 4.78 is 0. The predicted molar refractivity (Wildman–Crippen MR) is 95.7 cm³/mol. The second-order valence-electron chi connectivity index (χ2n) is 7.34. The minimum atomic E-state index is 0.0389. The van der Waals surface area contributed by atoms with Crippen LogP contribution in [0.4, 0.5) is 0 Å². The van der Waals surface area contributed by atoms with Gasteiger partial charge in [-0.25, -0.2) is 0 Å². The number of carbonyl (C=O) groups excluding carboxylic acids is 1. The van der Waals surface area contributed by atoms with E-state index in [-0.39, 0.29) is 5.91 Å². The van der Waals surface area contributed by atoms with E-state index >= 15 is 0 Å². The van der Waals surface area contributed by atoms with Crippen LogP contribution in [-0.4, -0.2) is 27.5 Å². The molecule has 128 valence electrons. The molecule has 0 atom stereocenters. The van der Waals surface area contributed by atoms with Crippen molar-refractivity contribution in [1.82, 2.24) is 15.1 Å². The SMILES string of the molecule is CC(C)Cc1cc(C(=O)N(Cc2ccccc2)CC2CCC2)n[nH]1. The first-order valence-electron chi connectivity index (χ1n) is 8.99. The van der Waals surface area contributed by atoms with Crippen LogP contribution in [-0.2, 0) is 13.0 Å². The normalized spacial score (nSPS) is 14.6. The third-order valence-corrected chi connectivity index (χ3v) is 4.68. The molecule has 4 heteroatoms. The van der Waals surface area contributed by atoms with Crippen LogP contribution in [0.2, 0.25) is 0 Å². The van der Waals surface area contributed by atoms with Crippen LogP contribution in [0.25, 0.3) is 0 Å². The zero-order valence-corrected chi connectivity index (χ0v) is 14.7. The topological polar surface area (TPSA) is 49.0 Å². The average molecular weight is 325 g/mol.